The highest BCUT2D eigenvalue weighted by Gasteiger charge is 2.31. The Labute approximate surface area is 187 Å². The molecule has 0 saturated heterocycles. The van der Waals surface area contributed by atoms with Gasteiger partial charge in [-0.05, 0) is 53.1 Å². The van der Waals surface area contributed by atoms with E-state index in [0.29, 0.717) is 5.52 Å². The van der Waals surface area contributed by atoms with Crippen molar-refractivity contribution in [2.45, 2.75) is 12.1 Å². The number of para-hydroxylation sites is 1. The average molecular weight is 459 g/mol. The van der Waals surface area contributed by atoms with Crippen LogP contribution >= 0.6 is 12.4 Å². The molecule has 2 heterocycles. The van der Waals surface area contributed by atoms with E-state index in [0.717, 1.165) is 45.1 Å². The van der Waals surface area contributed by atoms with Crippen LogP contribution in [0.5, 0.6) is 0 Å². The third kappa shape index (κ3) is 3.65. The van der Waals surface area contributed by atoms with Crippen molar-refractivity contribution in [3.05, 3.63) is 107 Å². The zero-order valence-corrected chi connectivity index (χ0v) is 17.8. The van der Waals surface area contributed by atoms with Crippen LogP contribution in [0.3, 0.4) is 0 Å². The molecule has 5 aromatic rings. The number of aryl methyl sites for hydroxylation is 1. The molecule has 0 bridgehead atoms. The molecule has 0 aliphatic carbocycles. The van der Waals surface area contributed by atoms with Crippen LogP contribution in [0.4, 0.5) is 17.6 Å². The highest BCUT2D eigenvalue weighted by Crippen LogP contribution is 2.41. The molecule has 2 aromatic heterocycles. The van der Waals surface area contributed by atoms with Crippen LogP contribution in [0.2, 0.25) is 0 Å². The van der Waals surface area contributed by atoms with E-state index in [1.165, 1.54) is 24.3 Å². The van der Waals surface area contributed by atoms with Crippen LogP contribution in [0.1, 0.15) is 28.2 Å². The number of H-pyrrole nitrogens is 1. The topological polar surface area (TPSA) is 20.7 Å². The monoisotopic (exact) mass is 458 g/mol. The zero-order valence-electron chi connectivity index (χ0n) is 17.0. The number of fused-ring (bicyclic) bond motifs is 2. The Morgan fingerprint density at radius 2 is 1.59 bits per heavy atom. The third-order valence-corrected chi connectivity index (χ3v) is 5.80. The molecule has 0 aliphatic rings. The Morgan fingerprint density at radius 1 is 0.875 bits per heavy atom. The molecule has 5 rings (SSSR count). The summed E-state index contributed by atoms with van der Waals surface area (Å²) in [5.41, 5.74) is 3.57. The minimum atomic E-state index is -4.40. The summed E-state index contributed by atoms with van der Waals surface area (Å²) in [6, 6.07) is 17.7. The van der Waals surface area contributed by atoms with Gasteiger partial charge in [-0.3, -0.25) is 0 Å². The second-order valence-corrected chi connectivity index (χ2v) is 7.70. The fraction of sp³-hybridized carbons (Fsp3) is 0.120. The molecule has 2 nitrogen and oxygen atoms in total. The van der Waals surface area contributed by atoms with Crippen molar-refractivity contribution in [3.63, 3.8) is 0 Å². The first-order valence-corrected chi connectivity index (χ1v) is 9.80. The van der Waals surface area contributed by atoms with Gasteiger partial charge in [0.25, 0.3) is 0 Å². The summed E-state index contributed by atoms with van der Waals surface area (Å²) in [6.07, 6.45) is -0.574. The molecular formula is C25H19ClF4N2. The van der Waals surface area contributed by atoms with Gasteiger partial charge in [-0.15, -0.1) is 12.4 Å². The van der Waals surface area contributed by atoms with E-state index in [9.17, 15) is 17.6 Å². The fourth-order valence-corrected chi connectivity index (χ4v) is 4.35. The summed E-state index contributed by atoms with van der Waals surface area (Å²) in [4.78, 5) is 3.11. The van der Waals surface area contributed by atoms with Crippen molar-refractivity contribution >= 4 is 34.2 Å². The van der Waals surface area contributed by atoms with Gasteiger partial charge in [0.2, 0.25) is 0 Å². The molecule has 1 unspecified atom stereocenters. The van der Waals surface area contributed by atoms with Gasteiger partial charge in [-0.25, -0.2) is 4.39 Å². The van der Waals surface area contributed by atoms with Crippen LogP contribution < -0.4 is 0 Å². The van der Waals surface area contributed by atoms with Crippen LogP contribution in [0.25, 0.3) is 21.8 Å². The number of nitrogens with one attached hydrogen (secondary N) is 1. The summed E-state index contributed by atoms with van der Waals surface area (Å²) in [6.45, 7) is 0. The number of aromatic amines is 1. The number of halogens is 5. The zero-order chi connectivity index (χ0) is 21.8. The number of rotatable bonds is 3. The fourth-order valence-electron chi connectivity index (χ4n) is 4.35. The largest absolute Gasteiger partial charge is 0.416 e. The van der Waals surface area contributed by atoms with Crippen LogP contribution in [0.15, 0.2) is 79.1 Å². The molecule has 32 heavy (non-hydrogen) atoms. The number of benzene rings is 3. The average Bonchev–Trinajstić information content (AvgIpc) is 3.30. The summed E-state index contributed by atoms with van der Waals surface area (Å²) < 4.78 is 55.1. The molecule has 164 valence electrons. The van der Waals surface area contributed by atoms with Crippen molar-refractivity contribution in [2.24, 2.45) is 7.05 Å². The highest BCUT2D eigenvalue weighted by atomic mass is 35.5. The van der Waals surface area contributed by atoms with Crippen LogP contribution in [-0.4, -0.2) is 9.55 Å². The summed E-state index contributed by atoms with van der Waals surface area (Å²) >= 11 is 0. The maximum Gasteiger partial charge on any atom is 0.416 e. The Kier molecular flexibility index (Phi) is 5.51. The lowest BCUT2D eigenvalue weighted by Gasteiger charge is -2.18. The van der Waals surface area contributed by atoms with Gasteiger partial charge >= 0.3 is 6.18 Å². The van der Waals surface area contributed by atoms with E-state index in [-0.39, 0.29) is 24.1 Å². The number of alkyl halides is 3. The molecule has 0 amide bonds. The van der Waals surface area contributed by atoms with E-state index in [2.05, 4.69) is 4.98 Å². The van der Waals surface area contributed by atoms with Crippen molar-refractivity contribution in [1.29, 1.82) is 0 Å². The first kappa shape index (κ1) is 22.0. The van der Waals surface area contributed by atoms with Gasteiger partial charge < -0.3 is 9.55 Å². The predicted octanol–water partition coefficient (Wildman–Crippen LogP) is 7.42. The van der Waals surface area contributed by atoms with Crippen LogP contribution in [-0.2, 0) is 13.2 Å². The van der Waals surface area contributed by atoms with Crippen molar-refractivity contribution in [1.82, 2.24) is 9.55 Å². The van der Waals surface area contributed by atoms with Crippen molar-refractivity contribution < 1.29 is 17.6 Å². The summed E-state index contributed by atoms with van der Waals surface area (Å²) in [5.74, 6) is -0.676. The Hall–Kier alpha value is -3.25. The van der Waals surface area contributed by atoms with Crippen molar-refractivity contribution in [2.75, 3.05) is 0 Å². The maximum atomic E-state index is 13.7. The van der Waals surface area contributed by atoms with E-state index in [1.807, 2.05) is 48.3 Å². The Bertz CT molecular complexity index is 1400. The smallest absolute Gasteiger partial charge is 0.361 e. The van der Waals surface area contributed by atoms with E-state index < -0.39 is 11.7 Å². The van der Waals surface area contributed by atoms with Gasteiger partial charge in [-0.1, -0.05) is 30.3 Å². The molecule has 0 spiro atoms. The van der Waals surface area contributed by atoms with Gasteiger partial charge in [0, 0.05) is 47.2 Å². The number of hydrogen-bond acceptors (Lipinski definition) is 0. The molecule has 7 heteroatoms. The standard InChI is InChI=1S/C25H18F4N2.ClH/c1-31-14-21(19-4-2-3-5-23(19)31)24(15-6-8-16(9-7-15)25(27,28)29)20-13-30-22-12-17(26)10-11-18(20)22;/h2-14,24,30H,1H3;1H. The van der Waals surface area contributed by atoms with Gasteiger partial charge in [0.05, 0.1) is 5.56 Å². The number of nitrogens with zero attached hydrogens (tertiary/aromatic N) is 1. The minimum Gasteiger partial charge on any atom is -0.361 e. The van der Waals surface area contributed by atoms with E-state index in [4.69, 9.17) is 0 Å². The predicted molar refractivity (Wildman–Crippen MR) is 121 cm³/mol. The lowest BCUT2D eigenvalue weighted by molar-refractivity contribution is -0.137. The second-order valence-electron chi connectivity index (χ2n) is 7.70. The van der Waals surface area contributed by atoms with Crippen molar-refractivity contribution in [3.8, 4) is 0 Å². The molecular weight excluding hydrogens is 440 g/mol. The maximum absolute atomic E-state index is 13.7. The van der Waals surface area contributed by atoms with E-state index >= 15 is 0 Å². The Balaban J connectivity index is 0.00000245. The molecule has 0 radical (unpaired) electrons. The molecule has 1 atom stereocenters. The third-order valence-electron chi connectivity index (χ3n) is 5.80. The van der Waals surface area contributed by atoms with E-state index in [1.54, 1.807) is 6.07 Å². The minimum absolute atomic E-state index is 0. The van der Waals surface area contributed by atoms with Gasteiger partial charge in [0.1, 0.15) is 5.82 Å². The quantitative estimate of drug-likeness (QED) is 0.271. The number of aromatic nitrogens is 2. The molecule has 0 fully saturated rings. The SMILES string of the molecule is Cl.Cn1cc(C(c2ccc(C(F)(F)F)cc2)c2c[nH]c3cc(F)ccc23)c2ccccc21. The summed E-state index contributed by atoms with van der Waals surface area (Å²) in [7, 11) is 1.94. The molecule has 0 saturated carbocycles. The first-order chi connectivity index (χ1) is 14.8. The molecule has 1 N–H and O–H groups in total. The van der Waals surface area contributed by atoms with Gasteiger partial charge in [-0.2, -0.15) is 13.2 Å². The lowest BCUT2D eigenvalue weighted by atomic mass is 9.84. The highest BCUT2D eigenvalue weighted by molar-refractivity contribution is 5.89. The summed E-state index contributed by atoms with van der Waals surface area (Å²) in [5, 5.41) is 1.85. The van der Waals surface area contributed by atoms with Crippen LogP contribution in [0, 0.1) is 5.82 Å². The lowest BCUT2D eigenvalue weighted by Crippen LogP contribution is -2.07. The first-order valence-electron chi connectivity index (χ1n) is 9.80. The normalized spacial score (nSPS) is 12.8. The second kappa shape index (κ2) is 8.02. The molecule has 3 aromatic carbocycles. The Morgan fingerprint density at radius 3 is 2.31 bits per heavy atom. The number of hydrogen-bond donors (Lipinski definition) is 1. The van der Waals surface area contributed by atoms with Gasteiger partial charge in [0.15, 0.2) is 0 Å². The molecule has 0 aliphatic heterocycles.